The van der Waals surface area contributed by atoms with Gasteiger partial charge in [0.25, 0.3) is 0 Å². The van der Waals surface area contributed by atoms with Gasteiger partial charge >= 0.3 is 0 Å². The summed E-state index contributed by atoms with van der Waals surface area (Å²) in [6.45, 7) is 0.0791. The number of aliphatic hydroxyl groups is 3. The van der Waals surface area contributed by atoms with Gasteiger partial charge in [-0.3, -0.25) is 0 Å². The molecule has 72 valence electrons. The predicted molar refractivity (Wildman–Crippen MR) is 41.4 cm³/mol. The van der Waals surface area contributed by atoms with Gasteiger partial charge in [-0.15, -0.1) is 0 Å². The molecule has 0 aromatic carbocycles. The number of ether oxygens (including phenoxy) is 1. The fourth-order valence-electron chi connectivity index (χ4n) is 1.39. The van der Waals surface area contributed by atoms with Gasteiger partial charge in [0, 0.05) is 6.04 Å². The Morgan fingerprint density at radius 2 is 2.00 bits per heavy atom. The van der Waals surface area contributed by atoms with E-state index in [1.165, 1.54) is 0 Å². The van der Waals surface area contributed by atoms with Crippen LogP contribution in [0.25, 0.3) is 0 Å². The maximum atomic E-state index is 9.32. The number of rotatable bonds is 3. The fraction of sp³-hybridized carbons (Fsp3) is 1.00. The molecule has 0 bridgehead atoms. The molecular formula is C7H15NO4. The van der Waals surface area contributed by atoms with Crippen LogP contribution in [0.2, 0.25) is 0 Å². The lowest BCUT2D eigenvalue weighted by Gasteiger charge is -2.16. The van der Waals surface area contributed by atoms with Crippen LogP contribution in [0.15, 0.2) is 0 Å². The summed E-state index contributed by atoms with van der Waals surface area (Å²) < 4.78 is 5.07. The van der Waals surface area contributed by atoms with Crippen molar-refractivity contribution in [3.63, 3.8) is 0 Å². The Bertz CT molecular complexity index is 143. The van der Waals surface area contributed by atoms with Gasteiger partial charge in [-0.05, 0) is 6.42 Å². The molecular weight excluding hydrogens is 162 g/mol. The highest BCUT2D eigenvalue weighted by Crippen LogP contribution is 2.21. The summed E-state index contributed by atoms with van der Waals surface area (Å²) in [5, 5.41) is 27.0. The van der Waals surface area contributed by atoms with Gasteiger partial charge in [0.1, 0.15) is 6.10 Å². The first kappa shape index (κ1) is 9.88. The maximum Gasteiger partial charge on any atom is 0.108 e. The summed E-state index contributed by atoms with van der Waals surface area (Å²) in [4.78, 5) is 0. The zero-order valence-corrected chi connectivity index (χ0v) is 6.76. The minimum atomic E-state index is -0.924. The van der Waals surface area contributed by atoms with Crippen LogP contribution in [0.1, 0.15) is 6.42 Å². The van der Waals surface area contributed by atoms with E-state index in [4.69, 9.17) is 15.6 Å². The largest absolute Gasteiger partial charge is 0.394 e. The Labute approximate surface area is 70.8 Å². The zero-order chi connectivity index (χ0) is 9.14. The highest BCUT2D eigenvalue weighted by atomic mass is 16.5. The minimum Gasteiger partial charge on any atom is -0.394 e. The van der Waals surface area contributed by atoms with Crippen LogP contribution in [-0.4, -0.2) is 52.9 Å². The maximum absolute atomic E-state index is 9.32. The summed E-state index contributed by atoms with van der Waals surface area (Å²) in [7, 11) is 0. The molecule has 0 amide bonds. The minimum absolute atomic E-state index is 0.0887. The van der Waals surface area contributed by atoms with Crippen molar-refractivity contribution in [2.24, 2.45) is 5.73 Å². The predicted octanol–water partition coefficient (Wildman–Crippen LogP) is -2.18. The highest BCUT2D eigenvalue weighted by molar-refractivity contribution is 4.94. The van der Waals surface area contributed by atoms with Crippen molar-refractivity contribution >= 4 is 0 Å². The van der Waals surface area contributed by atoms with E-state index in [2.05, 4.69) is 0 Å². The molecule has 0 saturated heterocycles. The summed E-state index contributed by atoms with van der Waals surface area (Å²) in [6.07, 6.45) is -1.84. The second-order valence-electron chi connectivity index (χ2n) is 3.01. The van der Waals surface area contributed by atoms with Crippen LogP contribution in [-0.2, 0) is 4.74 Å². The molecule has 0 unspecified atom stereocenters. The second-order valence-corrected chi connectivity index (χ2v) is 3.01. The van der Waals surface area contributed by atoms with Crippen molar-refractivity contribution in [3.05, 3.63) is 0 Å². The number of hydrogen-bond donors (Lipinski definition) is 4. The van der Waals surface area contributed by atoms with Crippen LogP contribution in [0.4, 0.5) is 0 Å². The third-order valence-corrected chi connectivity index (χ3v) is 2.10. The molecule has 1 saturated carbocycles. The van der Waals surface area contributed by atoms with Crippen LogP contribution in [0.5, 0.6) is 0 Å². The van der Waals surface area contributed by atoms with E-state index >= 15 is 0 Å². The monoisotopic (exact) mass is 177 g/mol. The lowest BCUT2D eigenvalue weighted by molar-refractivity contribution is -0.0615. The van der Waals surface area contributed by atoms with E-state index in [9.17, 15) is 10.2 Å². The summed E-state index contributed by atoms with van der Waals surface area (Å²) in [5.74, 6) is 0. The fourth-order valence-corrected chi connectivity index (χ4v) is 1.39. The molecule has 0 spiro atoms. The van der Waals surface area contributed by atoms with Gasteiger partial charge in [-0.25, -0.2) is 0 Å². The lowest BCUT2D eigenvalue weighted by Crippen LogP contribution is -2.36. The zero-order valence-electron chi connectivity index (χ0n) is 6.76. The van der Waals surface area contributed by atoms with Crippen molar-refractivity contribution in [1.29, 1.82) is 0 Å². The molecule has 1 rings (SSSR count). The topological polar surface area (TPSA) is 95.9 Å². The smallest absolute Gasteiger partial charge is 0.108 e. The van der Waals surface area contributed by atoms with E-state index in [1.54, 1.807) is 0 Å². The third kappa shape index (κ3) is 1.94. The molecule has 0 aromatic heterocycles. The quantitative estimate of drug-likeness (QED) is 0.393. The SMILES string of the molecule is N[C@@H]1C[C@H](OCCO)[C@H](O)[C@H]1O. The number of nitrogens with two attached hydrogens (primary N) is 1. The first-order valence-electron chi connectivity index (χ1n) is 4.01. The average Bonchev–Trinajstić information content (AvgIpc) is 2.30. The van der Waals surface area contributed by atoms with Crippen molar-refractivity contribution in [2.75, 3.05) is 13.2 Å². The van der Waals surface area contributed by atoms with E-state index < -0.39 is 24.4 Å². The molecule has 0 aliphatic heterocycles. The second kappa shape index (κ2) is 4.15. The molecule has 0 radical (unpaired) electrons. The Morgan fingerprint density at radius 3 is 2.42 bits per heavy atom. The van der Waals surface area contributed by atoms with Crippen molar-refractivity contribution in [3.8, 4) is 0 Å². The first-order valence-corrected chi connectivity index (χ1v) is 4.01. The van der Waals surface area contributed by atoms with Crippen LogP contribution < -0.4 is 5.73 Å². The van der Waals surface area contributed by atoms with Gasteiger partial charge in [0.2, 0.25) is 0 Å². The van der Waals surface area contributed by atoms with Crippen LogP contribution >= 0.6 is 0 Å². The van der Waals surface area contributed by atoms with E-state index in [0.29, 0.717) is 6.42 Å². The van der Waals surface area contributed by atoms with Gasteiger partial charge in [0.05, 0.1) is 25.4 Å². The summed E-state index contributed by atoms with van der Waals surface area (Å²) in [6, 6.07) is -0.427. The number of hydrogen-bond acceptors (Lipinski definition) is 5. The summed E-state index contributed by atoms with van der Waals surface area (Å²) >= 11 is 0. The first-order chi connectivity index (χ1) is 5.66. The molecule has 0 heterocycles. The Balaban J connectivity index is 2.36. The molecule has 12 heavy (non-hydrogen) atoms. The Kier molecular flexibility index (Phi) is 3.42. The molecule has 1 aliphatic rings. The van der Waals surface area contributed by atoms with E-state index in [0.717, 1.165) is 0 Å². The van der Waals surface area contributed by atoms with E-state index in [1.807, 2.05) is 0 Å². The van der Waals surface area contributed by atoms with Crippen molar-refractivity contribution < 1.29 is 20.1 Å². The highest BCUT2D eigenvalue weighted by Gasteiger charge is 2.39. The molecule has 5 N–H and O–H groups in total. The van der Waals surface area contributed by atoms with Gasteiger partial charge < -0.3 is 25.8 Å². The van der Waals surface area contributed by atoms with Gasteiger partial charge in [-0.2, -0.15) is 0 Å². The summed E-state index contributed by atoms with van der Waals surface area (Å²) in [5.41, 5.74) is 5.48. The van der Waals surface area contributed by atoms with Crippen LogP contribution in [0.3, 0.4) is 0 Å². The van der Waals surface area contributed by atoms with Crippen molar-refractivity contribution in [2.45, 2.75) is 30.8 Å². The molecule has 1 aliphatic carbocycles. The molecule has 5 heteroatoms. The van der Waals surface area contributed by atoms with Gasteiger partial charge in [0.15, 0.2) is 0 Å². The average molecular weight is 177 g/mol. The molecule has 5 nitrogen and oxygen atoms in total. The standard InChI is InChI=1S/C7H15NO4/c8-4-3-5(12-2-1-9)7(11)6(4)10/h4-7,9-11H,1-3,8H2/t4-,5+,6+,7+/m1/s1. The molecule has 0 aromatic rings. The lowest BCUT2D eigenvalue weighted by atomic mass is 10.2. The Morgan fingerprint density at radius 1 is 1.33 bits per heavy atom. The normalized spacial score (nSPS) is 42.0. The number of aliphatic hydroxyl groups excluding tert-OH is 3. The third-order valence-electron chi connectivity index (χ3n) is 2.10. The molecule has 1 fully saturated rings. The Hall–Kier alpha value is -0.200. The molecule has 4 atom stereocenters. The van der Waals surface area contributed by atoms with Crippen LogP contribution in [0, 0.1) is 0 Å². The van der Waals surface area contributed by atoms with E-state index in [-0.39, 0.29) is 13.2 Å². The van der Waals surface area contributed by atoms with Crippen molar-refractivity contribution in [1.82, 2.24) is 0 Å². The van der Waals surface area contributed by atoms with Gasteiger partial charge in [-0.1, -0.05) is 0 Å².